The van der Waals surface area contributed by atoms with Crippen molar-refractivity contribution in [2.24, 2.45) is 0 Å². The molecule has 0 radical (unpaired) electrons. The molecule has 1 atom stereocenters. The SMILES string of the molecule is CCN(Cc1ccccc1)C(=O)CN1C(=O)N[C@@](C)(c2ccc3c(c2)OCO3)C1=O. The molecule has 1 saturated heterocycles. The van der Waals surface area contributed by atoms with Gasteiger partial charge in [-0.05, 0) is 37.1 Å². The molecule has 2 heterocycles. The zero-order chi connectivity index (χ0) is 21.3. The summed E-state index contributed by atoms with van der Waals surface area (Å²) in [5.41, 5.74) is 0.265. The fraction of sp³-hybridized carbons (Fsp3) is 0.318. The van der Waals surface area contributed by atoms with Crippen molar-refractivity contribution in [2.75, 3.05) is 19.9 Å². The number of ether oxygens (including phenoxy) is 2. The predicted octanol–water partition coefficient (Wildman–Crippen LogP) is 2.23. The van der Waals surface area contributed by atoms with E-state index in [-0.39, 0.29) is 19.2 Å². The Morgan fingerprint density at radius 2 is 1.87 bits per heavy atom. The molecule has 8 heteroatoms. The zero-order valence-electron chi connectivity index (χ0n) is 16.9. The molecule has 1 fully saturated rings. The van der Waals surface area contributed by atoms with E-state index in [9.17, 15) is 14.4 Å². The van der Waals surface area contributed by atoms with Gasteiger partial charge in [-0.15, -0.1) is 0 Å². The maximum absolute atomic E-state index is 13.1. The van der Waals surface area contributed by atoms with Crippen LogP contribution in [-0.4, -0.2) is 47.5 Å². The fourth-order valence-electron chi connectivity index (χ4n) is 3.66. The average Bonchev–Trinajstić information content (AvgIpc) is 3.31. The minimum atomic E-state index is -1.28. The van der Waals surface area contributed by atoms with Crippen molar-refractivity contribution in [3.8, 4) is 11.5 Å². The molecule has 30 heavy (non-hydrogen) atoms. The van der Waals surface area contributed by atoms with E-state index in [1.165, 1.54) is 0 Å². The zero-order valence-corrected chi connectivity index (χ0v) is 16.9. The molecule has 0 saturated carbocycles. The van der Waals surface area contributed by atoms with Crippen LogP contribution >= 0.6 is 0 Å². The summed E-state index contributed by atoms with van der Waals surface area (Å²) in [6, 6.07) is 14.1. The van der Waals surface area contributed by atoms with Gasteiger partial charge in [0.15, 0.2) is 11.5 Å². The lowest BCUT2D eigenvalue weighted by Crippen LogP contribution is -2.44. The lowest BCUT2D eigenvalue weighted by molar-refractivity contribution is -0.139. The van der Waals surface area contributed by atoms with Gasteiger partial charge in [0, 0.05) is 13.1 Å². The molecule has 0 aliphatic carbocycles. The first kappa shape index (κ1) is 19.8. The van der Waals surface area contributed by atoms with Gasteiger partial charge in [-0.2, -0.15) is 0 Å². The summed E-state index contributed by atoms with van der Waals surface area (Å²) in [5, 5.41) is 2.72. The summed E-state index contributed by atoms with van der Waals surface area (Å²) >= 11 is 0. The second kappa shape index (κ2) is 7.70. The molecular weight excluding hydrogens is 386 g/mol. The van der Waals surface area contributed by atoms with Crippen molar-refractivity contribution >= 4 is 17.8 Å². The number of carbonyl (C=O) groups is 3. The first-order chi connectivity index (χ1) is 14.4. The molecule has 2 aliphatic rings. The summed E-state index contributed by atoms with van der Waals surface area (Å²) in [5.74, 6) is 0.339. The highest BCUT2D eigenvalue weighted by molar-refractivity contribution is 6.09. The largest absolute Gasteiger partial charge is 0.454 e. The van der Waals surface area contributed by atoms with Crippen LogP contribution in [0.15, 0.2) is 48.5 Å². The summed E-state index contributed by atoms with van der Waals surface area (Å²) in [6.07, 6.45) is 0. The first-order valence-corrected chi connectivity index (χ1v) is 9.78. The first-order valence-electron chi connectivity index (χ1n) is 9.78. The van der Waals surface area contributed by atoms with Gasteiger partial charge in [-0.1, -0.05) is 36.4 Å². The molecule has 0 spiro atoms. The molecule has 1 N–H and O–H groups in total. The Labute approximate surface area is 174 Å². The molecule has 2 aromatic carbocycles. The summed E-state index contributed by atoms with van der Waals surface area (Å²) in [6.45, 7) is 4.17. The maximum Gasteiger partial charge on any atom is 0.325 e. The van der Waals surface area contributed by atoms with E-state index in [1.807, 2.05) is 37.3 Å². The van der Waals surface area contributed by atoms with E-state index in [0.717, 1.165) is 10.5 Å². The van der Waals surface area contributed by atoms with Crippen LogP contribution in [0.5, 0.6) is 11.5 Å². The summed E-state index contributed by atoms with van der Waals surface area (Å²) in [7, 11) is 0. The smallest absolute Gasteiger partial charge is 0.325 e. The Morgan fingerprint density at radius 3 is 2.60 bits per heavy atom. The molecule has 156 valence electrons. The van der Waals surface area contributed by atoms with Crippen LogP contribution in [0.4, 0.5) is 4.79 Å². The highest BCUT2D eigenvalue weighted by Gasteiger charge is 2.50. The van der Waals surface area contributed by atoms with Crippen LogP contribution < -0.4 is 14.8 Å². The van der Waals surface area contributed by atoms with E-state index in [2.05, 4.69) is 5.32 Å². The number of hydrogen-bond acceptors (Lipinski definition) is 5. The maximum atomic E-state index is 13.1. The van der Waals surface area contributed by atoms with Gasteiger partial charge < -0.3 is 19.7 Å². The van der Waals surface area contributed by atoms with Crippen molar-refractivity contribution in [3.63, 3.8) is 0 Å². The standard InChI is InChI=1S/C22H23N3O5/c1-3-24(12-15-7-5-4-6-8-15)19(26)13-25-20(27)22(2,23-21(25)28)16-9-10-17-18(11-16)30-14-29-17/h4-11H,3,12-14H2,1-2H3,(H,23,28)/t22-/m0/s1. The molecular formula is C22H23N3O5. The number of amides is 4. The topological polar surface area (TPSA) is 88.2 Å². The molecule has 0 bridgehead atoms. The third-order valence-corrected chi connectivity index (χ3v) is 5.47. The van der Waals surface area contributed by atoms with Gasteiger partial charge in [0.25, 0.3) is 5.91 Å². The second-order valence-corrected chi connectivity index (χ2v) is 7.41. The highest BCUT2D eigenvalue weighted by atomic mass is 16.7. The molecule has 2 aromatic rings. The van der Waals surface area contributed by atoms with Gasteiger partial charge in [-0.25, -0.2) is 4.79 Å². The minimum absolute atomic E-state index is 0.116. The number of nitrogens with zero attached hydrogens (tertiary/aromatic N) is 2. The van der Waals surface area contributed by atoms with Crippen LogP contribution in [0.1, 0.15) is 25.0 Å². The van der Waals surface area contributed by atoms with Crippen molar-refractivity contribution < 1.29 is 23.9 Å². The third-order valence-electron chi connectivity index (χ3n) is 5.47. The normalized spacial score (nSPS) is 19.7. The van der Waals surface area contributed by atoms with Crippen molar-refractivity contribution in [1.29, 1.82) is 0 Å². The monoisotopic (exact) mass is 409 g/mol. The number of hydrogen-bond donors (Lipinski definition) is 1. The number of imide groups is 1. The molecule has 2 aliphatic heterocycles. The molecule has 4 rings (SSSR count). The highest BCUT2D eigenvalue weighted by Crippen LogP contribution is 2.37. The van der Waals surface area contributed by atoms with E-state index >= 15 is 0 Å². The Bertz CT molecular complexity index is 994. The Kier molecular flexibility index (Phi) is 5.07. The van der Waals surface area contributed by atoms with Gasteiger partial charge >= 0.3 is 6.03 Å². The van der Waals surface area contributed by atoms with Gasteiger partial charge in [0.05, 0.1) is 0 Å². The minimum Gasteiger partial charge on any atom is -0.454 e. The number of nitrogens with one attached hydrogen (secondary N) is 1. The number of likely N-dealkylation sites (N-methyl/N-ethyl adjacent to an activating group) is 1. The van der Waals surface area contributed by atoms with Gasteiger partial charge in [-0.3, -0.25) is 14.5 Å². The third kappa shape index (κ3) is 3.45. The summed E-state index contributed by atoms with van der Waals surface area (Å²) < 4.78 is 10.7. The number of urea groups is 1. The van der Waals surface area contributed by atoms with Gasteiger partial charge in [0.1, 0.15) is 12.1 Å². The molecule has 0 aromatic heterocycles. The van der Waals surface area contributed by atoms with E-state index in [1.54, 1.807) is 30.0 Å². The average molecular weight is 409 g/mol. The van der Waals surface area contributed by atoms with Crippen molar-refractivity contribution in [1.82, 2.24) is 15.1 Å². The second-order valence-electron chi connectivity index (χ2n) is 7.41. The predicted molar refractivity (Wildman–Crippen MR) is 108 cm³/mol. The lowest BCUT2D eigenvalue weighted by atomic mass is 9.91. The van der Waals surface area contributed by atoms with E-state index < -0.39 is 17.5 Å². The Hall–Kier alpha value is -3.55. The molecule has 8 nitrogen and oxygen atoms in total. The van der Waals surface area contributed by atoms with Crippen LogP contribution in [0.2, 0.25) is 0 Å². The summed E-state index contributed by atoms with van der Waals surface area (Å²) in [4.78, 5) is 41.2. The van der Waals surface area contributed by atoms with Crippen LogP contribution in [0.25, 0.3) is 0 Å². The molecule has 0 unspecified atom stereocenters. The Balaban J connectivity index is 1.50. The van der Waals surface area contributed by atoms with Crippen molar-refractivity contribution in [2.45, 2.75) is 25.9 Å². The van der Waals surface area contributed by atoms with Crippen LogP contribution in [0.3, 0.4) is 0 Å². The van der Waals surface area contributed by atoms with Crippen LogP contribution in [-0.2, 0) is 21.7 Å². The number of fused-ring (bicyclic) bond motifs is 1. The Morgan fingerprint density at radius 1 is 1.13 bits per heavy atom. The number of carbonyl (C=O) groups excluding carboxylic acids is 3. The van der Waals surface area contributed by atoms with Crippen LogP contribution in [0, 0.1) is 0 Å². The number of rotatable bonds is 6. The quantitative estimate of drug-likeness (QED) is 0.740. The lowest BCUT2D eigenvalue weighted by Gasteiger charge is -2.25. The van der Waals surface area contributed by atoms with E-state index in [4.69, 9.17) is 9.47 Å². The number of benzene rings is 2. The van der Waals surface area contributed by atoms with Crippen molar-refractivity contribution in [3.05, 3.63) is 59.7 Å². The fourth-order valence-corrected chi connectivity index (χ4v) is 3.66. The van der Waals surface area contributed by atoms with Gasteiger partial charge in [0.2, 0.25) is 12.7 Å². The van der Waals surface area contributed by atoms with E-state index in [0.29, 0.717) is 30.2 Å². The molecule has 4 amide bonds.